The van der Waals surface area contributed by atoms with Gasteiger partial charge in [-0.25, -0.2) is 0 Å². The lowest BCUT2D eigenvalue weighted by Gasteiger charge is -2.54. The highest BCUT2D eigenvalue weighted by Gasteiger charge is 2.64. The maximum Gasteiger partial charge on any atom is 0.155 e. The molecule has 192 valence electrons. The van der Waals surface area contributed by atoms with Gasteiger partial charge in [-0.15, -0.1) is 0 Å². The molecule has 0 aliphatic carbocycles. The highest BCUT2D eigenvalue weighted by atomic mass is 29.3. The molecule has 7 rings (SSSR count). The van der Waals surface area contributed by atoms with Crippen LogP contribution in [0.25, 0.3) is 11.1 Å². The Morgan fingerprint density at radius 2 is 0.600 bits per heavy atom. The van der Waals surface area contributed by atoms with Crippen molar-refractivity contribution in [2.24, 2.45) is 0 Å². The minimum absolute atomic E-state index is 1.32. The van der Waals surface area contributed by atoms with Crippen molar-refractivity contribution in [3.8, 4) is 11.1 Å². The predicted octanol–water partition coefficient (Wildman–Crippen LogP) is 5.00. The first kappa shape index (κ1) is 24.8. The molecule has 1 heterocycles. The van der Waals surface area contributed by atoms with Crippen molar-refractivity contribution in [3.63, 3.8) is 0 Å². The third kappa shape index (κ3) is 3.43. The Labute approximate surface area is 239 Å². The van der Waals surface area contributed by atoms with Gasteiger partial charge in [0.25, 0.3) is 0 Å². The monoisotopic (exact) mass is 544 g/mol. The lowest BCUT2D eigenvalue weighted by atomic mass is 10.0. The molecule has 0 fully saturated rings. The number of hydrogen-bond donors (Lipinski definition) is 0. The van der Waals surface area contributed by atoms with Gasteiger partial charge in [-0.1, -0.05) is 190 Å². The average Bonchev–Trinajstić information content (AvgIpc) is 3.02. The lowest BCUT2D eigenvalue weighted by Crippen LogP contribution is -2.95. The summed E-state index contributed by atoms with van der Waals surface area (Å²) in [6.45, 7) is 4.52. The van der Waals surface area contributed by atoms with Gasteiger partial charge in [0.1, 0.15) is 0 Å². The molecule has 0 N–H and O–H groups in total. The molecule has 0 spiro atoms. The normalized spacial score (nSPS) is 14.7. The van der Waals surface area contributed by atoms with Crippen LogP contribution in [0.2, 0.25) is 0 Å². The van der Waals surface area contributed by atoms with Crippen molar-refractivity contribution < 1.29 is 0 Å². The molecule has 0 atom stereocenters. The van der Waals surface area contributed by atoms with E-state index in [1.54, 1.807) is 10.4 Å². The summed E-state index contributed by atoms with van der Waals surface area (Å²) in [5.41, 5.74) is 5.44. The van der Waals surface area contributed by atoms with Crippen LogP contribution in [-0.2, 0) is 0 Å². The number of fused-ring (bicyclic) bond motifs is 3. The van der Waals surface area contributed by atoms with E-state index in [-0.39, 0.29) is 0 Å². The third-order valence-corrected chi connectivity index (χ3v) is 25.7. The van der Waals surface area contributed by atoms with E-state index in [4.69, 9.17) is 0 Å². The van der Waals surface area contributed by atoms with Crippen molar-refractivity contribution in [1.82, 2.24) is 0 Å². The van der Waals surface area contributed by atoms with Crippen LogP contribution in [0.15, 0.2) is 158 Å². The molecule has 0 bridgehead atoms. The molecule has 6 aromatic rings. The molecule has 0 saturated carbocycles. The van der Waals surface area contributed by atoms with E-state index in [9.17, 15) is 0 Å². The zero-order valence-corrected chi connectivity index (χ0v) is 25.0. The molecule has 0 aromatic heterocycles. The zero-order chi connectivity index (χ0) is 27.2. The second kappa shape index (κ2) is 9.74. The van der Waals surface area contributed by atoms with Crippen LogP contribution in [0.4, 0.5) is 0 Å². The smallest absolute Gasteiger partial charge is 0.0624 e. The summed E-state index contributed by atoms with van der Waals surface area (Å²) < 4.78 is 0. The average molecular weight is 545 g/mol. The minimum Gasteiger partial charge on any atom is -0.0624 e. The molecule has 40 heavy (non-hydrogen) atoms. The Kier molecular flexibility index (Phi) is 6.03. The number of hydrogen-bond acceptors (Lipinski definition) is 0. The van der Waals surface area contributed by atoms with Crippen molar-refractivity contribution in [3.05, 3.63) is 169 Å². The zero-order valence-electron chi connectivity index (χ0n) is 23.0. The first-order chi connectivity index (χ1) is 19.7. The molecule has 0 radical (unpaired) electrons. The Hall–Kier alpha value is -4.25. The summed E-state index contributed by atoms with van der Waals surface area (Å²) in [7, 11) is -5.57. The van der Waals surface area contributed by atoms with Gasteiger partial charge in [-0.2, -0.15) is 0 Å². The van der Waals surface area contributed by atoms with Gasteiger partial charge in [0.15, 0.2) is 15.2 Å². The largest absolute Gasteiger partial charge is 0.155 e. The third-order valence-electron chi connectivity index (χ3n) is 8.84. The Balaban J connectivity index is 1.84. The van der Waals surface area contributed by atoms with Crippen LogP contribution in [0.1, 0.15) is 11.1 Å². The van der Waals surface area contributed by atoms with E-state index >= 15 is 0 Å². The minimum atomic E-state index is -2.78. The maximum atomic E-state index is 2.54. The molecule has 1 aliphatic rings. The molecule has 0 nitrogen and oxygen atoms in total. The predicted molar refractivity (Wildman–Crippen MR) is 176 cm³/mol. The molecule has 0 saturated heterocycles. The standard InChI is InChI=1S/C38H32Si2/c1-29-23-25-35-36-26-24-30(2)28-38(36)40(33-19-11-5-12-20-33,34-21-13-6-14-22-34)39(37(35)27-29,31-15-7-3-8-16-31)32-17-9-4-10-18-32/h3-28H,1-2H3. The van der Waals surface area contributed by atoms with Crippen molar-refractivity contribution in [1.29, 1.82) is 0 Å². The molecule has 6 aromatic carbocycles. The summed E-state index contributed by atoms with van der Waals surface area (Å²) >= 11 is 0. The van der Waals surface area contributed by atoms with Gasteiger partial charge >= 0.3 is 0 Å². The van der Waals surface area contributed by atoms with Crippen molar-refractivity contribution in [2.45, 2.75) is 13.8 Å². The van der Waals surface area contributed by atoms with Gasteiger partial charge in [0.2, 0.25) is 0 Å². The van der Waals surface area contributed by atoms with E-state index in [2.05, 4.69) is 172 Å². The topological polar surface area (TPSA) is 0 Å². The highest BCUT2D eigenvalue weighted by molar-refractivity contribution is 7.68. The van der Waals surface area contributed by atoms with E-state index in [1.807, 2.05) is 0 Å². The molecular weight excluding hydrogens is 513 g/mol. The maximum absolute atomic E-state index is 2.78. The van der Waals surface area contributed by atoms with E-state index in [1.165, 1.54) is 43.0 Å². The first-order valence-electron chi connectivity index (χ1n) is 14.1. The van der Waals surface area contributed by atoms with Gasteiger partial charge < -0.3 is 0 Å². The van der Waals surface area contributed by atoms with Crippen LogP contribution in [0.5, 0.6) is 0 Å². The quantitative estimate of drug-likeness (QED) is 0.274. The molecule has 0 amide bonds. The van der Waals surface area contributed by atoms with Crippen LogP contribution in [-0.4, -0.2) is 15.2 Å². The second-order valence-corrected chi connectivity index (χ2v) is 21.9. The molecule has 2 heteroatoms. The van der Waals surface area contributed by atoms with Gasteiger partial charge in [0, 0.05) is 0 Å². The summed E-state index contributed by atoms with van der Waals surface area (Å²) in [6, 6.07) is 60.6. The van der Waals surface area contributed by atoms with Crippen molar-refractivity contribution >= 4 is 46.3 Å². The van der Waals surface area contributed by atoms with Crippen molar-refractivity contribution in [2.75, 3.05) is 0 Å². The van der Waals surface area contributed by atoms with Gasteiger partial charge in [0.05, 0.1) is 0 Å². The Bertz CT molecular complexity index is 1580. The fourth-order valence-electron chi connectivity index (χ4n) is 7.38. The van der Waals surface area contributed by atoms with Gasteiger partial charge in [-0.3, -0.25) is 0 Å². The van der Waals surface area contributed by atoms with E-state index < -0.39 is 15.2 Å². The Morgan fingerprint density at radius 1 is 0.325 bits per heavy atom. The van der Waals surface area contributed by atoms with Crippen LogP contribution >= 0.6 is 0 Å². The van der Waals surface area contributed by atoms with E-state index in [0.29, 0.717) is 0 Å². The summed E-state index contributed by atoms with van der Waals surface area (Å²) in [6.07, 6.45) is 0. The summed E-state index contributed by atoms with van der Waals surface area (Å²) in [5, 5.41) is 9.03. The fraction of sp³-hybridized carbons (Fsp3) is 0.0526. The highest BCUT2D eigenvalue weighted by Crippen LogP contribution is 2.34. The SMILES string of the molecule is Cc1ccc2c(c1)[Si](c1ccccc1)(c1ccccc1)[Si](c1ccccc1)(c1ccccc1)c1cc(C)ccc1-2. The first-order valence-corrected chi connectivity index (χ1v) is 19.1. The van der Waals surface area contributed by atoms with Crippen LogP contribution < -0.4 is 31.1 Å². The Morgan fingerprint density at radius 3 is 0.875 bits per heavy atom. The second-order valence-electron chi connectivity index (χ2n) is 11.1. The van der Waals surface area contributed by atoms with Crippen LogP contribution in [0, 0.1) is 13.8 Å². The number of aryl methyl sites for hydroxylation is 2. The molecule has 0 unspecified atom stereocenters. The molecular formula is C38H32Si2. The molecule has 1 aliphatic heterocycles. The summed E-state index contributed by atoms with van der Waals surface area (Å²) in [5.74, 6) is 0. The van der Waals surface area contributed by atoms with Gasteiger partial charge in [-0.05, 0) is 35.3 Å². The number of benzene rings is 6. The lowest BCUT2D eigenvalue weighted by molar-refractivity contribution is 1.46. The number of rotatable bonds is 4. The summed E-state index contributed by atoms with van der Waals surface area (Å²) in [4.78, 5) is 0. The van der Waals surface area contributed by atoms with E-state index in [0.717, 1.165) is 0 Å². The fourth-order valence-corrected chi connectivity index (χ4v) is 27.6. The van der Waals surface area contributed by atoms with Crippen LogP contribution in [0.3, 0.4) is 0 Å².